The van der Waals surface area contributed by atoms with Crippen LogP contribution in [0.25, 0.3) is 11.8 Å². The van der Waals surface area contributed by atoms with E-state index in [-0.39, 0.29) is 23.4 Å². The molecular weight excluding hydrogens is 570 g/mol. The molecule has 0 bridgehead atoms. The third-order valence-corrected chi connectivity index (χ3v) is 7.75. The van der Waals surface area contributed by atoms with Crippen LogP contribution in [0.3, 0.4) is 0 Å². The van der Waals surface area contributed by atoms with Crippen molar-refractivity contribution in [1.82, 2.24) is 4.57 Å². The number of benzene rings is 3. The molecule has 0 aliphatic carbocycles. The number of hydrogen-bond donors (Lipinski definition) is 0. The predicted molar refractivity (Wildman–Crippen MR) is 163 cm³/mol. The second kappa shape index (κ2) is 12.9. The number of non-ortho nitro benzene ring substituents is 1. The topological polar surface area (TPSA) is 122 Å². The molecule has 0 unspecified atom stereocenters. The molecule has 0 fully saturated rings. The second-order valence-corrected chi connectivity index (χ2v) is 10.6. The Labute approximate surface area is 251 Å². The van der Waals surface area contributed by atoms with Gasteiger partial charge in [0.2, 0.25) is 0 Å². The first kappa shape index (κ1) is 29.5. The van der Waals surface area contributed by atoms with E-state index < -0.39 is 16.9 Å². The molecule has 1 aliphatic rings. The summed E-state index contributed by atoms with van der Waals surface area (Å²) in [4.78, 5) is 42.5. The number of thiazole rings is 1. The van der Waals surface area contributed by atoms with Crippen LogP contribution in [-0.2, 0) is 16.1 Å². The van der Waals surface area contributed by atoms with E-state index in [4.69, 9.17) is 19.2 Å². The van der Waals surface area contributed by atoms with Crippen LogP contribution in [0.2, 0.25) is 0 Å². The summed E-state index contributed by atoms with van der Waals surface area (Å²) in [6, 6.07) is 20.3. The molecule has 0 radical (unpaired) electrons. The van der Waals surface area contributed by atoms with Crippen molar-refractivity contribution < 1.29 is 23.9 Å². The number of carbonyl (C=O) groups excluding carboxylic acids is 1. The first-order valence-corrected chi connectivity index (χ1v) is 14.5. The lowest BCUT2D eigenvalue weighted by Crippen LogP contribution is -2.35. The summed E-state index contributed by atoms with van der Waals surface area (Å²) in [5.74, 6) is 0.537. The molecule has 5 rings (SSSR count). The van der Waals surface area contributed by atoms with Crippen molar-refractivity contribution in [2.24, 2.45) is 4.99 Å². The SMILES string of the molecule is CCOC(=O)C1=C(C)n2c(s/c(=C\c3ccc(OCc4ccccc4)c(OCC)c3)c2=O)=N[C@@H]1c1ccc([N+](=O)[O-])cc1. The Bertz CT molecular complexity index is 1880. The van der Waals surface area contributed by atoms with E-state index in [1.54, 1.807) is 32.1 Å². The van der Waals surface area contributed by atoms with Crippen LogP contribution in [0, 0.1) is 10.1 Å². The Hall–Kier alpha value is -5.03. The van der Waals surface area contributed by atoms with Gasteiger partial charge in [-0.3, -0.25) is 19.5 Å². The van der Waals surface area contributed by atoms with E-state index in [1.165, 1.54) is 28.0 Å². The molecule has 1 atom stereocenters. The van der Waals surface area contributed by atoms with Gasteiger partial charge in [-0.15, -0.1) is 0 Å². The number of esters is 1. The van der Waals surface area contributed by atoms with Gasteiger partial charge >= 0.3 is 5.97 Å². The van der Waals surface area contributed by atoms with E-state index in [0.29, 0.717) is 45.3 Å². The van der Waals surface area contributed by atoms with E-state index in [0.717, 1.165) is 11.1 Å². The molecule has 0 N–H and O–H groups in total. The minimum Gasteiger partial charge on any atom is -0.490 e. The fraction of sp³-hybridized carbons (Fsp3) is 0.219. The smallest absolute Gasteiger partial charge is 0.338 e. The van der Waals surface area contributed by atoms with Crippen LogP contribution in [0.5, 0.6) is 11.5 Å². The van der Waals surface area contributed by atoms with Crippen molar-refractivity contribution in [2.45, 2.75) is 33.4 Å². The van der Waals surface area contributed by atoms with Gasteiger partial charge in [-0.2, -0.15) is 0 Å². The van der Waals surface area contributed by atoms with Gasteiger partial charge in [0, 0.05) is 17.8 Å². The van der Waals surface area contributed by atoms with Crippen LogP contribution in [0.4, 0.5) is 5.69 Å². The van der Waals surface area contributed by atoms with Gasteiger partial charge in [0.1, 0.15) is 12.6 Å². The van der Waals surface area contributed by atoms with E-state index in [2.05, 4.69) is 0 Å². The van der Waals surface area contributed by atoms with Crippen molar-refractivity contribution in [3.63, 3.8) is 0 Å². The van der Waals surface area contributed by atoms with Gasteiger partial charge in [-0.1, -0.05) is 47.7 Å². The van der Waals surface area contributed by atoms with Crippen molar-refractivity contribution >= 4 is 34.8 Å². The number of nitro groups is 1. The summed E-state index contributed by atoms with van der Waals surface area (Å²) in [6.07, 6.45) is 1.75. The monoisotopic (exact) mass is 599 g/mol. The molecule has 3 aromatic carbocycles. The highest BCUT2D eigenvalue weighted by Crippen LogP contribution is 2.33. The van der Waals surface area contributed by atoms with Crippen molar-refractivity contribution in [1.29, 1.82) is 0 Å². The molecule has 220 valence electrons. The normalized spacial score (nSPS) is 14.6. The number of rotatable bonds is 10. The molecule has 11 heteroatoms. The van der Waals surface area contributed by atoms with Gasteiger partial charge in [-0.25, -0.2) is 9.79 Å². The highest BCUT2D eigenvalue weighted by molar-refractivity contribution is 7.07. The van der Waals surface area contributed by atoms with Crippen molar-refractivity contribution in [3.8, 4) is 11.5 Å². The lowest BCUT2D eigenvalue weighted by molar-refractivity contribution is -0.384. The Morgan fingerprint density at radius 2 is 1.77 bits per heavy atom. The van der Waals surface area contributed by atoms with Gasteiger partial charge in [0.15, 0.2) is 16.3 Å². The van der Waals surface area contributed by atoms with Crippen molar-refractivity contribution in [2.75, 3.05) is 13.2 Å². The van der Waals surface area contributed by atoms with Gasteiger partial charge in [0.05, 0.1) is 28.2 Å². The zero-order chi connectivity index (χ0) is 30.5. The van der Waals surface area contributed by atoms with Crippen LogP contribution < -0.4 is 24.4 Å². The van der Waals surface area contributed by atoms with E-state index >= 15 is 0 Å². The summed E-state index contributed by atoms with van der Waals surface area (Å²) in [6.45, 7) is 6.21. The number of ether oxygens (including phenoxy) is 3. The lowest BCUT2D eigenvalue weighted by Gasteiger charge is -2.22. The molecule has 0 spiro atoms. The number of nitrogens with zero attached hydrogens (tertiary/aromatic N) is 3. The van der Waals surface area contributed by atoms with Gasteiger partial charge in [-0.05, 0) is 67.8 Å². The molecule has 1 aliphatic heterocycles. The number of allylic oxidation sites excluding steroid dienone is 1. The Morgan fingerprint density at radius 3 is 2.44 bits per heavy atom. The lowest BCUT2D eigenvalue weighted by atomic mass is 9.96. The molecule has 0 saturated heterocycles. The van der Waals surface area contributed by atoms with E-state index in [1.807, 2.05) is 55.5 Å². The highest BCUT2D eigenvalue weighted by Gasteiger charge is 2.31. The maximum atomic E-state index is 13.6. The van der Waals surface area contributed by atoms with Crippen LogP contribution in [0.1, 0.15) is 43.5 Å². The quantitative estimate of drug-likeness (QED) is 0.146. The number of hydrogen-bond acceptors (Lipinski definition) is 9. The van der Waals surface area contributed by atoms with Crippen LogP contribution in [0.15, 0.2) is 88.2 Å². The zero-order valence-electron chi connectivity index (χ0n) is 23.8. The molecule has 4 aromatic rings. The van der Waals surface area contributed by atoms with Crippen molar-refractivity contribution in [3.05, 3.63) is 125 Å². The minimum absolute atomic E-state index is 0.0780. The summed E-state index contributed by atoms with van der Waals surface area (Å²) in [5, 5.41) is 11.2. The molecule has 0 saturated carbocycles. The summed E-state index contributed by atoms with van der Waals surface area (Å²) < 4.78 is 19.0. The number of nitro benzene ring substituents is 1. The standard InChI is InChI=1S/C32H29N3O7S/c1-4-40-26-17-22(11-16-25(26)42-19-21-9-7-6-8-10-21)18-27-30(36)34-20(3)28(31(37)41-5-2)29(33-32(34)43-27)23-12-14-24(15-13-23)35(38)39/h6-18,29H,4-5,19H2,1-3H3/b27-18-/t29-/m1/s1. The molecule has 0 amide bonds. The first-order valence-electron chi connectivity index (χ1n) is 13.7. The maximum Gasteiger partial charge on any atom is 0.338 e. The third kappa shape index (κ3) is 6.26. The average molecular weight is 600 g/mol. The molecule has 10 nitrogen and oxygen atoms in total. The first-order chi connectivity index (χ1) is 20.8. The number of aromatic nitrogens is 1. The number of fused-ring (bicyclic) bond motifs is 1. The van der Waals surface area contributed by atoms with Crippen LogP contribution >= 0.6 is 11.3 Å². The number of carbonyl (C=O) groups is 1. The van der Waals surface area contributed by atoms with Gasteiger partial charge in [0.25, 0.3) is 11.2 Å². The predicted octanol–water partition coefficient (Wildman–Crippen LogP) is 4.79. The molecule has 43 heavy (non-hydrogen) atoms. The molecule has 1 aromatic heterocycles. The summed E-state index contributed by atoms with van der Waals surface area (Å²) in [7, 11) is 0. The Kier molecular flexibility index (Phi) is 8.82. The van der Waals surface area contributed by atoms with Gasteiger partial charge < -0.3 is 14.2 Å². The average Bonchev–Trinajstić information content (AvgIpc) is 3.32. The summed E-state index contributed by atoms with van der Waals surface area (Å²) >= 11 is 1.19. The second-order valence-electron chi connectivity index (χ2n) is 9.55. The maximum absolute atomic E-state index is 13.6. The zero-order valence-corrected chi connectivity index (χ0v) is 24.6. The third-order valence-electron chi connectivity index (χ3n) is 6.76. The molecule has 2 heterocycles. The minimum atomic E-state index is -0.795. The fourth-order valence-corrected chi connectivity index (χ4v) is 5.77. The highest BCUT2D eigenvalue weighted by atomic mass is 32.1. The van der Waals surface area contributed by atoms with E-state index in [9.17, 15) is 19.7 Å². The Morgan fingerprint density at radius 1 is 1.02 bits per heavy atom. The summed E-state index contributed by atoms with van der Waals surface area (Å²) in [5.41, 5.74) is 2.52. The van der Waals surface area contributed by atoms with Crippen LogP contribution in [-0.4, -0.2) is 28.7 Å². The largest absolute Gasteiger partial charge is 0.490 e. The molecular formula is C32H29N3O7S. The fourth-order valence-electron chi connectivity index (χ4n) is 4.73. The Balaban J connectivity index is 1.56.